The molecule has 1 heterocycles. The Morgan fingerprint density at radius 2 is 1.77 bits per heavy atom. The van der Waals surface area contributed by atoms with Gasteiger partial charge in [-0.25, -0.2) is 4.68 Å². The van der Waals surface area contributed by atoms with Crippen molar-refractivity contribution in [2.45, 2.75) is 13.1 Å². The van der Waals surface area contributed by atoms with Gasteiger partial charge in [-0.3, -0.25) is 9.69 Å². The molecule has 158 valence electrons. The average molecular weight is 409 g/mol. The summed E-state index contributed by atoms with van der Waals surface area (Å²) in [5.74, 6) is 1.41. The summed E-state index contributed by atoms with van der Waals surface area (Å²) in [5.41, 5.74) is 2.94. The van der Waals surface area contributed by atoms with Crippen molar-refractivity contribution in [2.24, 2.45) is 0 Å². The molecule has 7 heteroatoms. The monoisotopic (exact) mass is 408 g/mol. The van der Waals surface area contributed by atoms with E-state index in [0.717, 1.165) is 16.8 Å². The molecule has 0 aliphatic heterocycles. The number of hydrogen-bond donors (Lipinski definition) is 0. The summed E-state index contributed by atoms with van der Waals surface area (Å²) in [6.07, 6.45) is 3.74. The standard InChI is InChI=1S/C23H28N4O3/c1-25(16-19-9-8-12-21(29-3)23(19)30-4)17-22(28)26(2)14-18-13-24-27(15-18)20-10-6-5-7-11-20/h5-13,15H,14,16-17H2,1-4H3. The number of ether oxygens (including phenoxy) is 2. The minimum atomic E-state index is 0.0341. The fraction of sp³-hybridized carbons (Fsp3) is 0.304. The van der Waals surface area contributed by atoms with E-state index in [1.165, 1.54) is 0 Å². The fourth-order valence-corrected chi connectivity index (χ4v) is 3.30. The van der Waals surface area contributed by atoms with Crippen LogP contribution in [0.1, 0.15) is 11.1 Å². The van der Waals surface area contributed by atoms with Crippen molar-refractivity contribution in [1.82, 2.24) is 19.6 Å². The molecule has 0 N–H and O–H groups in total. The molecule has 1 amide bonds. The van der Waals surface area contributed by atoms with Crippen molar-refractivity contribution in [3.63, 3.8) is 0 Å². The summed E-state index contributed by atoms with van der Waals surface area (Å²) in [5, 5.41) is 4.39. The third-order valence-corrected chi connectivity index (χ3v) is 4.83. The lowest BCUT2D eigenvalue weighted by molar-refractivity contribution is -0.131. The number of amides is 1. The summed E-state index contributed by atoms with van der Waals surface area (Å²) >= 11 is 0. The van der Waals surface area contributed by atoms with E-state index in [1.54, 1.807) is 25.3 Å². The molecule has 3 aromatic rings. The van der Waals surface area contributed by atoms with E-state index in [0.29, 0.717) is 31.1 Å². The number of hydrogen-bond acceptors (Lipinski definition) is 5. The molecule has 0 radical (unpaired) electrons. The zero-order chi connectivity index (χ0) is 21.5. The van der Waals surface area contributed by atoms with Crippen LogP contribution in [0.2, 0.25) is 0 Å². The molecule has 0 aliphatic rings. The molecule has 0 unspecified atom stereocenters. The smallest absolute Gasteiger partial charge is 0.236 e. The van der Waals surface area contributed by atoms with Gasteiger partial charge in [0.25, 0.3) is 0 Å². The number of benzene rings is 2. The van der Waals surface area contributed by atoms with Crippen LogP contribution in [0.4, 0.5) is 0 Å². The van der Waals surface area contributed by atoms with E-state index in [2.05, 4.69) is 5.10 Å². The second-order valence-corrected chi connectivity index (χ2v) is 7.20. The van der Waals surface area contributed by atoms with Crippen molar-refractivity contribution in [2.75, 3.05) is 34.9 Å². The Morgan fingerprint density at radius 3 is 2.47 bits per heavy atom. The molecular formula is C23H28N4O3. The van der Waals surface area contributed by atoms with Crippen LogP contribution in [0, 0.1) is 0 Å². The molecule has 0 bridgehead atoms. The van der Waals surface area contributed by atoms with Crippen molar-refractivity contribution in [1.29, 1.82) is 0 Å². The molecule has 30 heavy (non-hydrogen) atoms. The van der Waals surface area contributed by atoms with Crippen LogP contribution in [-0.2, 0) is 17.9 Å². The second-order valence-electron chi connectivity index (χ2n) is 7.20. The maximum Gasteiger partial charge on any atom is 0.236 e. The van der Waals surface area contributed by atoms with Gasteiger partial charge in [0.2, 0.25) is 5.91 Å². The SMILES string of the molecule is COc1cccc(CN(C)CC(=O)N(C)Cc2cnn(-c3ccccc3)c2)c1OC. The summed E-state index contributed by atoms with van der Waals surface area (Å²) in [6.45, 7) is 1.37. The van der Waals surface area contributed by atoms with Gasteiger partial charge in [-0.2, -0.15) is 5.10 Å². The van der Waals surface area contributed by atoms with E-state index in [-0.39, 0.29) is 5.91 Å². The first-order valence-corrected chi connectivity index (χ1v) is 9.73. The Morgan fingerprint density at radius 1 is 1.00 bits per heavy atom. The second kappa shape index (κ2) is 9.93. The van der Waals surface area contributed by atoms with E-state index in [9.17, 15) is 4.79 Å². The first-order chi connectivity index (χ1) is 14.5. The lowest BCUT2D eigenvalue weighted by atomic mass is 10.1. The molecule has 3 rings (SSSR count). The van der Waals surface area contributed by atoms with Crippen LogP contribution in [0.25, 0.3) is 5.69 Å². The van der Waals surface area contributed by atoms with E-state index < -0.39 is 0 Å². The largest absolute Gasteiger partial charge is 0.493 e. The van der Waals surface area contributed by atoms with Crippen molar-refractivity contribution in [3.8, 4) is 17.2 Å². The maximum atomic E-state index is 12.7. The first-order valence-electron chi connectivity index (χ1n) is 9.73. The van der Waals surface area contributed by atoms with Crippen molar-refractivity contribution < 1.29 is 14.3 Å². The topological polar surface area (TPSA) is 59.8 Å². The highest BCUT2D eigenvalue weighted by atomic mass is 16.5. The normalized spacial score (nSPS) is 10.8. The molecule has 0 aliphatic carbocycles. The predicted octanol–water partition coefficient (Wildman–Crippen LogP) is 2.98. The number of carbonyl (C=O) groups is 1. The molecule has 1 aromatic heterocycles. The highest BCUT2D eigenvalue weighted by molar-refractivity contribution is 5.78. The zero-order valence-corrected chi connectivity index (χ0v) is 17.9. The minimum Gasteiger partial charge on any atom is -0.493 e. The molecule has 0 saturated heterocycles. The van der Waals surface area contributed by atoms with Gasteiger partial charge in [0, 0.05) is 37.5 Å². The maximum absolute atomic E-state index is 12.7. The number of rotatable bonds is 9. The summed E-state index contributed by atoms with van der Waals surface area (Å²) in [7, 11) is 6.96. The Balaban J connectivity index is 1.58. The molecule has 2 aromatic carbocycles. The average Bonchev–Trinajstić information content (AvgIpc) is 3.22. The number of aromatic nitrogens is 2. The first kappa shape index (κ1) is 21.4. The summed E-state index contributed by atoms with van der Waals surface area (Å²) < 4.78 is 12.6. The van der Waals surface area contributed by atoms with Crippen LogP contribution in [0.15, 0.2) is 60.9 Å². The number of likely N-dealkylation sites (N-methyl/N-ethyl adjacent to an activating group) is 2. The number of nitrogens with zero attached hydrogens (tertiary/aromatic N) is 4. The molecule has 0 spiro atoms. The number of para-hydroxylation sites is 2. The van der Waals surface area contributed by atoms with Gasteiger partial charge in [0.1, 0.15) is 0 Å². The zero-order valence-electron chi connectivity index (χ0n) is 17.9. The molecule has 0 saturated carbocycles. The highest BCUT2D eigenvalue weighted by Gasteiger charge is 2.16. The van der Waals surface area contributed by atoms with Gasteiger partial charge in [-0.15, -0.1) is 0 Å². The minimum absolute atomic E-state index is 0.0341. The van der Waals surface area contributed by atoms with Crippen molar-refractivity contribution >= 4 is 5.91 Å². The van der Waals surface area contributed by atoms with Gasteiger partial charge in [0.05, 0.1) is 32.6 Å². The van der Waals surface area contributed by atoms with E-state index in [4.69, 9.17) is 9.47 Å². The van der Waals surface area contributed by atoms with Gasteiger partial charge < -0.3 is 14.4 Å². The predicted molar refractivity (Wildman–Crippen MR) is 116 cm³/mol. The lowest BCUT2D eigenvalue weighted by Crippen LogP contribution is -2.36. The van der Waals surface area contributed by atoms with Crippen LogP contribution in [0.3, 0.4) is 0 Å². The third-order valence-electron chi connectivity index (χ3n) is 4.83. The fourth-order valence-electron chi connectivity index (χ4n) is 3.30. The Bertz CT molecular complexity index is 972. The third kappa shape index (κ3) is 5.18. The lowest BCUT2D eigenvalue weighted by Gasteiger charge is -2.22. The molecule has 7 nitrogen and oxygen atoms in total. The Hall–Kier alpha value is -3.32. The van der Waals surface area contributed by atoms with Crippen LogP contribution < -0.4 is 9.47 Å². The quantitative estimate of drug-likeness (QED) is 0.545. The number of methoxy groups -OCH3 is 2. The van der Waals surface area contributed by atoms with Crippen molar-refractivity contribution in [3.05, 3.63) is 72.1 Å². The van der Waals surface area contributed by atoms with Crippen LogP contribution in [-0.4, -0.2) is 60.3 Å². The van der Waals surface area contributed by atoms with E-state index in [1.807, 2.05) is 78.4 Å². The van der Waals surface area contributed by atoms with Gasteiger partial charge >= 0.3 is 0 Å². The number of carbonyl (C=O) groups excluding carboxylic acids is 1. The Kier molecular flexibility index (Phi) is 7.08. The molecule has 0 atom stereocenters. The molecule has 0 fully saturated rings. The van der Waals surface area contributed by atoms with Crippen LogP contribution in [0.5, 0.6) is 11.5 Å². The van der Waals surface area contributed by atoms with E-state index >= 15 is 0 Å². The summed E-state index contributed by atoms with van der Waals surface area (Å²) in [6, 6.07) is 15.7. The highest BCUT2D eigenvalue weighted by Crippen LogP contribution is 2.31. The summed E-state index contributed by atoms with van der Waals surface area (Å²) in [4.78, 5) is 16.4. The van der Waals surface area contributed by atoms with Gasteiger partial charge in [-0.1, -0.05) is 30.3 Å². The Labute approximate surface area is 177 Å². The van der Waals surface area contributed by atoms with Gasteiger partial charge in [0.15, 0.2) is 11.5 Å². The molecular weight excluding hydrogens is 380 g/mol. The van der Waals surface area contributed by atoms with Gasteiger partial charge in [-0.05, 0) is 25.2 Å². The van der Waals surface area contributed by atoms with Crippen LogP contribution >= 0.6 is 0 Å².